The van der Waals surface area contributed by atoms with Gasteiger partial charge in [0.1, 0.15) is 0 Å². The summed E-state index contributed by atoms with van der Waals surface area (Å²) in [5, 5.41) is 12.1. The minimum atomic E-state index is -0.870. The summed E-state index contributed by atoms with van der Waals surface area (Å²) < 4.78 is 0. The summed E-state index contributed by atoms with van der Waals surface area (Å²) >= 11 is 0. The zero-order valence-corrected chi connectivity index (χ0v) is 12.1. The second-order valence-electron chi connectivity index (χ2n) is 4.85. The van der Waals surface area contributed by atoms with Crippen molar-refractivity contribution in [2.24, 2.45) is 0 Å². The number of carbonyl (C=O) groups excluding carboxylic acids is 1. The topological polar surface area (TPSA) is 49.3 Å². The number of carbonyl (C=O) groups is 1. The van der Waals surface area contributed by atoms with Crippen molar-refractivity contribution in [2.45, 2.75) is 39.2 Å². The predicted molar refractivity (Wildman–Crippen MR) is 80.8 cm³/mol. The highest BCUT2D eigenvalue weighted by Crippen LogP contribution is 1.97. The average molecular weight is 263 g/mol. The molecule has 0 rings (SSSR count). The van der Waals surface area contributed by atoms with E-state index in [4.69, 9.17) is 0 Å². The van der Waals surface area contributed by atoms with Crippen LogP contribution in [0.2, 0.25) is 0 Å². The second kappa shape index (κ2) is 10.3. The van der Waals surface area contributed by atoms with Crippen LogP contribution in [0.3, 0.4) is 0 Å². The highest BCUT2D eigenvalue weighted by Gasteiger charge is 2.12. The van der Waals surface area contributed by atoms with Gasteiger partial charge in [0.05, 0.1) is 5.60 Å². The summed E-state index contributed by atoms with van der Waals surface area (Å²) in [7, 11) is 0. The molecular formula is C16H25NO2. The van der Waals surface area contributed by atoms with Gasteiger partial charge in [-0.2, -0.15) is 0 Å². The van der Waals surface area contributed by atoms with E-state index in [1.165, 1.54) is 6.08 Å². The van der Waals surface area contributed by atoms with Gasteiger partial charge < -0.3 is 10.4 Å². The molecule has 0 saturated carbocycles. The summed E-state index contributed by atoms with van der Waals surface area (Å²) in [5.41, 5.74) is -0.870. The molecule has 0 aromatic rings. The van der Waals surface area contributed by atoms with Crippen LogP contribution >= 0.6 is 0 Å². The van der Waals surface area contributed by atoms with Crippen molar-refractivity contribution in [3.05, 3.63) is 48.6 Å². The first kappa shape index (κ1) is 17.4. The van der Waals surface area contributed by atoms with E-state index in [1.54, 1.807) is 13.8 Å². The zero-order chi connectivity index (χ0) is 14.6. The molecule has 0 aliphatic carbocycles. The van der Waals surface area contributed by atoms with Crippen LogP contribution in [0, 0.1) is 0 Å². The molecule has 0 aliphatic heterocycles. The molecule has 0 saturated heterocycles. The molecule has 0 aromatic carbocycles. The Morgan fingerprint density at radius 3 is 2.37 bits per heavy atom. The van der Waals surface area contributed by atoms with Gasteiger partial charge in [-0.05, 0) is 39.7 Å². The normalized spacial score (nSPS) is 13.3. The molecular weight excluding hydrogens is 238 g/mol. The molecule has 3 heteroatoms. The quantitative estimate of drug-likeness (QED) is 0.402. The van der Waals surface area contributed by atoms with Crippen molar-refractivity contribution in [1.29, 1.82) is 0 Å². The molecule has 0 heterocycles. The first-order chi connectivity index (χ1) is 8.95. The van der Waals surface area contributed by atoms with Crippen LogP contribution in [0.25, 0.3) is 0 Å². The highest BCUT2D eigenvalue weighted by atomic mass is 16.3. The highest BCUT2D eigenvalue weighted by molar-refractivity contribution is 5.87. The Kier molecular flexibility index (Phi) is 9.45. The van der Waals surface area contributed by atoms with Crippen molar-refractivity contribution < 1.29 is 9.90 Å². The van der Waals surface area contributed by atoms with Crippen LogP contribution in [0.5, 0.6) is 0 Å². The molecule has 0 fully saturated rings. The smallest absolute Gasteiger partial charge is 0.243 e. The van der Waals surface area contributed by atoms with E-state index in [9.17, 15) is 9.90 Å². The molecule has 3 nitrogen and oxygen atoms in total. The van der Waals surface area contributed by atoms with E-state index in [-0.39, 0.29) is 12.5 Å². The second-order valence-corrected chi connectivity index (χ2v) is 4.85. The maximum Gasteiger partial charge on any atom is 0.243 e. The van der Waals surface area contributed by atoms with Crippen molar-refractivity contribution in [3.63, 3.8) is 0 Å². The molecule has 0 bridgehead atoms. The number of hydrogen-bond acceptors (Lipinski definition) is 2. The van der Waals surface area contributed by atoms with Crippen LogP contribution < -0.4 is 5.32 Å². The number of allylic oxidation sites excluding steroid dienone is 7. The standard InChI is InChI=1S/C16H25NO2/c1-4-5-6-7-8-9-10-11-12-13-15(18)17-14-16(2,3)19/h4-9,12-13,19H,10-11,14H2,1-3H3,(H,17,18)/b5-4+,7-6+,9-8-,13-12+. The summed E-state index contributed by atoms with van der Waals surface area (Å²) in [6.45, 7) is 5.54. The molecule has 0 radical (unpaired) electrons. The monoisotopic (exact) mass is 263 g/mol. The maximum atomic E-state index is 11.4. The van der Waals surface area contributed by atoms with Gasteiger partial charge >= 0.3 is 0 Å². The lowest BCUT2D eigenvalue weighted by Crippen LogP contribution is -2.37. The summed E-state index contributed by atoms with van der Waals surface area (Å²) in [4.78, 5) is 11.4. The number of aliphatic hydroxyl groups is 1. The van der Waals surface area contributed by atoms with Gasteiger partial charge in [0.25, 0.3) is 0 Å². The number of rotatable bonds is 8. The van der Waals surface area contributed by atoms with Gasteiger partial charge in [-0.25, -0.2) is 0 Å². The zero-order valence-electron chi connectivity index (χ0n) is 12.1. The van der Waals surface area contributed by atoms with Crippen LogP contribution in [0.15, 0.2) is 48.6 Å². The molecule has 106 valence electrons. The Bertz CT molecular complexity index is 357. The Balaban J connectivity index is 3.71. The van der Waals surface area contributed by atoms with Crippen LogP contribution in [0.4, 0.5) is 0 Å². The first-order valence-corrected chi connectivity index (χ1v) is 6.57. The van der Waals surface area contributed by atoms with E-state index < -0.39 is 5.60 Å². The minimum Gasteiger partial charge on any atom is -0.389 e. The summed E-state index contributed by atoms with van der Waals surface area (Å²) in [6.07, 6.45) is 17.0. The van der Waals surface area contributed by atoms with Crippen LogP contribution in [-0.2, 0) is 4.79 Å². The molecule has 0 spiro atoms. The fourth-order valence-electron chi connectivity index (χ4n) is 1.16. The van der Waals surface area contributed by atoms with Gasteiger partial charge in [0.15, 0.2) is 0 Å². The maximum absolute atomic E-state index is 11.4. The number of unbranched alkanes of at least 4 members (excludes halogenated alkanes) is 1. The molecule has 0 atom stereocenters. The van der Waals surface area contributed by atoms with Gasteiger partial charge in [-0.3, -0.25) is 4.79 Å². The molecule has 19 heavy (non-hydrogen) atoms. The van der Waals surface area contributed by atoms with Crippen molar-refractivity contribution in [3.8, 4) is 0 Å². The number of amides is 1. The molecule has 1 amide bonds. The Labute approximate surface area is 116 Å². The van der Waals surface area contributed by atoms with Crippen LogP contribution in [0.1, 0.15) is 33.6 Å². The molecule has 0 aliphatic rings. The lowest BCUT2D eigenvalue weighted by molar-refractivity contribution is -0.117. The lowest BCUT2D eigenvalue weighted by Gasteiger charge is -2.16. The lowest BCUT2D eigenvalue weighted by atomic mass is 10.1. The van der Waals surface area contributed by atoms with E-state index in [1.807, 2.05) is 43.4 Å². The average Bonchev–Trinajstić information content (AvgIpc) is 2.33. The third kappa shape index (κ3) is 14.3. The fourth-order valence-corrected chi connectivity index (χ4v) is 1.16. The molecule has 0 aromatic heterocycles. The fraction of sp³-hybridized carbons (Fsp3) is 0.438. The van der Waals surface area contributed by atoms with Crippen molar-refractivity contribution in [1.82, 2.24) is 5.32 Å². The van der Waals surface area contributed by atoms with E-state index in [0.717, 1.165) is 12.8 Å². The van der Waals surface area contributed by atoms with Gasteiger partial charge in [-0.1, -0.05) is 42.5 Å². The van der Waals surface area contributed by atoms with E-state index >= 15 is 0 Å². The largest absolute Gasteiger partial charge is 0.389 e. The van der Waals surface area contributed by atoms with E-state index in [0.29, 0.717) is 0 Å². The third-order valence-corrected chi connectivity index (χ3v) is 2.13. The van der Waals surface area contributed by atoms with Gasteiger partial charge in [-0.15, -0.1) is 0 Å². The van der Waals surface area contributed by atoms with Crippen LogP contribution in [-0.4, -0.2) is 23.2 Å². The minimum absolute atomic E-state index is 0.168. The van der Waals surface area contributed by atoms with E-state index in [2.05, 4.69) is 11.4 Å². The Hall–Kier alpha value is -1.61. The number of hydrogen-bond donors (Lipinski definition) is 2. The summed E-state index contributed by atoms with van der Waals surface area (Å²) in [5.74, 6) is -0.168. The summed E-state index contributed by atoms with van der Waals surface area (Å²) in [6, 6.07) is 0. The molecule has 2 N–H and O–H groups in total. The SMILES string of the molecule is C/C=C/C=C/C=C\CC/C=C/C(=O)NCC(C)(C)O. The van der Waals surface area contributed by atoms with Gasteiger partial charge in [0.2, 0.25) is 5.91 Å². The first-order valence-electron chi connectivity index (χ1n) is 6.57. The predicted octanol–water partition coefficient (Wildman–Crippen LogP) is 2.90. The number of nitrogens with one attached hydrogen (secondary N) is 1. The van der Waals surface area contributed by atoms with Crippen molar-refractivity contribution >= 4 is 5.91 Å². The van der Waals surface area contributed by atoms with Gasteiger partial charge in [0, 0.05) is 6.54 Å². The Morgan fingerprint density at radius 2 is 1.74 bits per heavy atom. The molecule has 0 unspecified atom stereocenters. The Morgan fingerprint density at radius 1 is 1.11 bits per heavy atom. The van der Waals surface area contributed by atoms with Crippen molar-refractivity contribution in [2.75, 3.05) is 6.54 Å². The third-order valence-electron chi connectivity index (χ3n) is 2.13.